The highest BCUT2D eigenvalue weighted by atomic mass is 16.8. The molecular formula is C12H18O6. The smallest absolute Gasteiger partial charge is 0.363 e. The summed E-state index contributed by atoms with van der Waals surface area (Å²) in [6.07, 6.45) is -1.37. The van der Waals surface area contributed by atoms with Gasteiger partial charge in [-0.1, -0.05) is 20.1 Å². The molecule has 0 heterocycles. The maximum Gasteiger partial charge on any atom is 0.363 e. The maximum absolute atomic E-state index is 11.3. The van der Waals surface area contributed by atoms with E-state index >= 15 is 0 Å². The molecule has 0 aromatic heterocycles. The molecule has 1 atom stereocenters. The molecule has 18 heavy (non-hydrogen) atoms. The van der Waals surface area contributed by atoms with Crippen molar-refractivity contribution in [3.8, 4) is 0 Å². The minimum absolute atomic E-state index is 0.0106. The quantitative estimate of drug-likeness (QED) is 0.412. The first-order valence-corrected chi connectivity index (χ1v) is 5.31. The maximum atomic E-state index is 11.3. The van der Waals surface area contributed by atoms with Crippen molar-refractivity contribution in [1.82, 2.24) is 0 Å². The van der Waals surface area contributed by atoms with Crippen LogP contribution in [-0.2, 0) is 19.1 Å². The van der Waals surface area contributed by atoms with Crippen LogP contribution in [0.5, 0.6) is 0 Å². The Hall–Kier alpha value is -1.66. The van der Waals surface area contributed by atoms with Crippen LogP contribution in [0, 0.1) is 0 Å². The van der Waals surface area contributed by atoms with Crippen LogP contribution in [0.4, 0.5) is 0 Å². The standard InChI is InChI=1S/C12H18O6/c1-6-9(17-10(13)7(2)3)12(15,16)18-11(14)8(4)5/h9,15-16H,2,4,6H2,1,3,5H3. The first kappa shape index (κ1) is 16.3. The van der Waals surface area contributed by atoms with E-state index in [1.54, 1.807) is 0 Å². The Labute approximate surface area is 106 Å². The summed E-state index contributed by atoms with van der Waals surface area (Å²) in [6, 6.07) is 0. The van der Waals surface area contributed by atoms with Crippen molar-refractivity contribution in [3.63, 3.8) is 0 Å². The lowest BCUT2D eigenvalue weighted by Crippen LogP contribution is -2.48. The summed E-state index contributed by atoms with van der Waals surface area (Å²) in [7, 11) is 0. The minimum Gasteiger partial charge on any atom is -0.449 e. The summed E-state index contributed by atoms with van der Waals surface area (Å²) in [6.45, 7) is 10.9. The van der Waals surface area contributed by atoms with E-state index in [9.17, 15) is 19.8 Å². The van der Waals surface area contributed by atoms with Gasteiger partial charge in [-0.25, -0.2) is 9.59 Å². The van der Waals surface area contributed by atoms with Gasteiger partial charge >= 0.3 is 17.9 Å². The summed E-state index contributed by atoms with van der Waals surface area (Å²) in [5, 5.41) is 19.2. The van der Waals surface area contributed by atoms with E-state index in [-0.39, 0.29) is 17.6 Å². The lowest BCUT2D eigenvalue weighted by molar-refractivity contribution is -0.357. The fourth-order valence-electron chi connectivity index (χ4n) is 0.945. The number of esters is 2. The third-order valence-electron chi connectivity index (χ3n) is 1.98. The van der Waals surface area contributed by atoms with Gasteiger partial charge in [-0.3, -0.25) is 0 Å². The molecular weight excluding hydrogens is 240 g/mol. The molecule has 0 aliphatic carbocycles. The van der Waals surface area contributed by atoms with Crippen LogP contribution in [0.2, 0.25) is 0 Å². The summed E-state index contributed by atoms with van der Waals surface area (Å²) >= 11 is 0. The minimum atomic E-state index is -2.91. The summed E-state index contributed by atoms with van der Waals surface area (Å²) in [5.74, 6) is -4.71. The zero-order chi connectivity index (χ0) is 14.5. The highest BCUT2D eigenvalue weighted by molar-refractivity contribution is 5.88. The summed E-state index contributed by atoms with van der Waals surface area (Å²) in [5.41, 5.74) is 0.0824. The monoisotopic (exact) mass is 258 g/mol. The van der Waals surface area contributed by atoms with Gasteiger partial charge in [-0.2, -0.15) is 0 Å². The van der Waals surface area contributed by atoms with Crippen LogP contribution >= 0.6 is 0 Å². The van der Waals surface area contributed by atoms with E-state index in [1.807, 2.05) is 0 Å². The van der Waals surface area contributed by atoms with Crippen LogP contribution < -0.4 is 0 Å². The second-order valence-electron chi connectivity index (χ2n) is 3.91. The molecule has 0 rings (SSSR count). The van der Waals surface area contributed by atoms with E-state index in [2.05, 4.69) is 17.9 Å². The van der Waals surface area contributed by atoms with Gasteiger partial charge in [-0.05, 0) is 20.3 Å². The van der Waals surface area contributed by atoms with Crippen LogP contribution in [0.25, 0.3) is 0 Å². The highest BCUT2D eigenvalue weighted by Crippen LogP contribution is 2.18. The van der Waals surface area contributed by atoms with Gasteiger partial charge in [0.05, 0.1) is 0 Å². The number of carbonyl (C=O) groups is 2. The molecule has 0 bridgehead atoms. The lowest BCUT2D eigenvalue weighted by Gasteiger charge is -2.29. The average Bonchev–Trinajstić information content (AvgIpc) is 2.23. The van der Waals surface area contributed by atoms with Crippen molar-refractivity contribution in [2.75, 3.05) is 0 Å². The molecule has 6 heteroatoms. The molecule has 0 fully saturated rings. The van der Waals surface area contributed by atoms with Gasteiger partial charge in [0.15, 0.2) is 6.10 Å². The first-order chi connectivity index (χ1) is 8.11. The molecule has 0 aliphatic rings. The van der Waals surface area contributed by atoms with Gasteiger partial charge < -0.3 is 19.7 Å². The zero-order valence-electron chi connectivity index (χ0n) is 10.7. The largest absolute Gasteiger partial charge is 0.449 e. The number of hydrogen-bond donors (Lipinski definition) is 2. The molecule has 102 valence electrons. The van der Waals surface area contributed by atoms with Gasteiger partial charge in [-0.15, -0.1) is 0 Å². The Morgan fingerprint density at radius 1 is 1.17 bits per heavy atom. The third kappa shape index (κ3) is 4.68. The Morgan fingerprint density at radius 2 is 1.61 bits per heavy atom. The molecule has 0 aromatic rings. The van der Waals surface area contributed by atoms with Crippen molar-refractivity contribution >= 4 is 11.9 Å². The zero-order valence-corrected chi connectivity index (χ0v) is 10.7. The Kier molecular flexibility index (Phi) is 5.74. The van der Waals surface area contributed by atoms with Crippen molar-refractivity contribution in [2.24, 2.45) is 0 Å². The van der Waals surface area contributed by atoms with Gasteiger partial charge in [0.2, 0.25) is 0 Å². The number of rotatable bonds is 6. The molecule has 0 spiro atoms. The Bertz CT molecular complexity index is 369. The molecule has 6 nitrogen and oxygen atoms in total. The first-order valence-electron chi connectivity index (χ1n) is 5.31. The van der Waals surface area contributed by atoms with E-state index in [1.165, 1.54) is 20.8 Å². The van der Waals surface area contributed by atoms with Crippen molar-refractivity contribution in [1.29, 1.82) is 0 Å². The van der Waals surface area contributed by atoms with E-state index < -0.39 is 24.0 Å². The summed E-state index contributed by atoms with van der Waals surface area (Å²) < 4.78 is 9.16. The van der Waals surface area contributed by atoms with Gasteiger partial charge in [0, 0.05) is 11.1 Å². The fourth-order valence-corrected chi connectivity index (χ4v) is 0.945. The molecule has 0 amide bonds. The predicted octanol–water partition coefficient (Wildman–Crippen LogP) is 0.642. The fraction of sp³-hybridized carbons (Fsp3) is 0.500. The van der Waals surface area contributed by atoms with Crippen LogP contribution in [0.15, 0.2) is 24.3 Å². The second kappa shape index (κ2) is 6.32. The highest BCUT2D eigenvalue weighted by Gasteiger charge is 2.41. The topological polar surface area (TPSA) is 93.1 Å². The summed E-state index contributed by atoms with van der Waals surface area (Å²) in [4.78, 5) is 22.5. The Balaban J connectivity index is 4.81. The van der Waals surface area contributed by atoms with Gasteiger partial charge in [0.25, 0.3) is 0 Å². The number of aliphatic hydroxyl groups is 2. The van der Waals surface area contributed by atoms with Crippen LogP contribution in [0.1, 0.15) is 27.2 Å². The Morgan fingerprint density at radius 3 is 1.94 bits per heavy atom. The normalized spacial score (nSPS) is 12.5. The third-order valence-corrected chi connectivity index (χ3v) is 1.98. The van der Waals surface area contributed by atoms with E-state index in [4.69, 9.17) is 4.74 Å². The molecule has 0 aliphatic heterocycles. The molecule has 0 radical (unpaired) electrons. The van der Waals surface area contributed by atoms with Crippen molar-refractivity contribution in [2.45, 2.75) is 39.3 Å². The molecule has 0 saturated heterocycles. The lowest BCUT2D eigenvalue weighted by atomic mass is 10.2. The average molecular weight is 258 g/mol. The predicted molar refractivity (Wildman–Crippen MR) is 63.1 cm³/mol. The van der Waals surface area contributed by atoms with E-state index in [0.29, 0.717) is 0 Å². The van der Waals surface area contributed by atoms with Crippen molar-refractivity contribution in [3.05, 3.63) is 24.3 Å². The molecule has 0 aromatic carbocycles. The number of hydrogen-bond acceptors (Lipinski definition) is 6. The molecule has 2 N–H and O–H groups in total. The number of ether oxygens (including phenoxy) is 2. The molecule has 0 saturated carbocycles. The SMILES string of the molecule is C=C(C)C(=O)OC(CC)C(O)(O)OC(=O)C(=C)C. The van der Waals surface area contributed by atoms with Crippen LogP contribution in [-0.4, -0.2) is 34.2 Å². The van der Waals surface area contributed by atoms with Crippen LogP contribution in [0.3, 0.4) is 0 Å². The molecule has 1 unspecified atom stereocenters. The van der Waals surface area contributed by atoms with E-state index in [0.717, 1.165) is 0 Å². The van der Waals surface area contributed by atoms with Crippen molar-refractivity contribution < 1.29 is 29.3 Å². The second-order valence-corrected chi connectivity index (χ2v) is 3.91. The van der Waals surface area contributed by atoms with Gasteiger partial charge in [0.1, 0.15) is 0 Å². The number of carbonyl (C=O) groups excluding carboxylic acids is 2.